The van der Waals surface area contributed by atoms with Crippen molar-refractivity contribution < 1.29 is 0 Å². The maximum absolute atomic E-state index is 3.42. The second-order valence-electron chi connectivity index (χ2n) is 3.88. The van der Waals surface area contributed by atoms with Gasteiger partial charge in [-0.15, -0.1) is 11.3 Å². The van der Waals surface area contributed by atoms with Gasteiger partial charge < -0.3 is 5.32 Å². The van der Waals surface area contributed by atoms with Crippen LogP contribution in [-0.2, 0) is 0 Å². The van der Waals surface area contributed by atoms with Gasteiger partial charge in [-0.3, -0.25) is 0 Å². The summed E-state index contributed by atoms with van der Waals surface area (Å²) in [6, 6.07) is 11.0. The summed E-state index contributed by atoms with van der Waals surface area (Å²) in [4.78, 5) is 1.55. The van der Waals surface area contributed by atoms with E-state index in [9.17, 15) is 0 Å². The van der Waals surface area contributed by atoms with Crippen molar-refractivity contribution in [2.24, 2.45) is 0 Å². The minimum absolute atomic E-state index is 0.757. The Hall–Kier alpha value is -0.860. The molecule has 1 N–H and O–H groups in total. The number of thiophene rings is 1. The van der Waals surface area contributed by atoms with E-state index < -0.39 is 0 Å². The molecule has 72 valence electrons. The van der Waals surface area contributed by atoms with Gasteiger partial charge in [0.25, 0.3) is 0 Å². The van der Waals surface area contributed by atoms with Crippen molar-refractivity contribution in [1.82, 2.24) is 5.32 Å². The first-order chi connectivity index (χ1) is 6.93. The molecule has 2 heteroatoms. The summed E-state index contributed by atoms with van der Waals surface area (Å²) in [6.07, 6.45) is 1.30. The number of rotatable bonds is 1. The molecule has 1 fully saturated rings. The van der Waals surface area contributed by atoms with Crippen LogP contribution in [0.15, 0.2) is 30.3 Å². The molecule has 1 nitrogen and oxygen atoms in total. The maximum atomic E-state index is 3.42. The summed E-state index contributed by atoms with van der Waals surface area (Å²) in [6.45, 7) is 2.34. The Morgan fingerprint density at radius 1 is 1.29 bits per heavy atom. The van der Waals surface area contributed by atoms with E-state index in [1.54, 1.807) is 4.88 Å². The van der Waals surface area contributed by atoms with Crippen molar-refractivity contribution in [3.8, 4) is 0 Å². The molecular weight excluding hydrogens is 190 g/mol. The molecule has 2 aromatic rings. The molecule has 0 radical (unpaired) electrons. The van der Waals surface area contributed by atoms with Gasteiger partial charge in [0.2, 0.25) is 0 Å². The molecule has 1 aliphatic heterocycles. The second kappa shape index (κ2) is 3.37. The summed E-state index contributed by atoms with van der Waals surface area (Å²) >= 11 is 1.95. The van der Waals surface area contributed by atoms with Crippen molar-refractivity contribution in [3.63, 3.8) is 0 Å². The van der Waals surface area contributed by atoms with Crippen LogP contribution in [0.4, 0.5) is 0 Å². The second-order valence-corrected chi connectivity index (χ2v) is 4.99. The van der Waals surface area contributed by atoms with Gasteiger partial charge in [0, 0.05) is 22.0 Å². The molecule has 0 bridgehead atoms. The van der Waals surface area contributed by atoms with Gasteiger partial charge in [-0.05, 0) is 30.5 Å². The van der Waals surface area contributed by atoms with Gasteiger partial charge in [-0.25, -0.2) is 0 Å². The number of hydrogen-bond donors (Lipinski definition) is 1. The molecule has 1 aromatic heterocycles. The van der Waals surface area contributed by atoms with Gasteiger partial charge >= 0.3 is 0 Å². The van der Waals surface area contributed by atoms with E-state index in [-0.39, 0.29) is 0 Å². The molecule has 1 atom stereocenters. The van der Waals surface area contributed by atoms with E-state index in [0.717, 1.165) is 12.5 Å². The molecule has 1 aliphatic rings. The highest BCUT2D eigenvalue weighted by Crippen LogP contribution is 2.33. The zero-order valence-electron chi connectivity index (χ0n) is 7.99. The van der Waals surface area contributed by atoms with Gasteiger partial charge in [-0.1, -0.05) is 18.2 Å². The molecule has 1 saturated heterocycles. The third-order valence-corrected chi connectivity index (χ3v) is 4.19. The molecule has 3 rings (SSSR count). The largest absolute Gasteiger partial charge is 0.316 e. The molecule has 0 amide bonds. The van der Waals surface area contributed by atoms with Crippen molar-refractivity contribution in [1.29, 1.82) is 0 Å². The lowest BCUT2D eigenvalue weighted by Crippen LogP contribution is -2.07. The van der Waals surface area contributed by atoms with Gasteiger partial charge in [0.1, 0.15) is 0 Å². The third-order valence-electron chi connectivity index (χ3n) is 2.91. The predicted molar refractivity (Wildman–Crippen MR) is 62.1 cm³/mol. The van der Waals surface area contributed by atoms with E-state index in [0.29, 0.717) is 0 Å². The quantitative estimate of drug-likeness (QED) is 0.751. The molecule has 14 heavy (non-hydrogen) atoms. The van der Waals surface area contributed by atoms with Crippen molar-refractivity contribution >= 4 is 21.4 Å². The minimum atomic E-state index is 0.757. The number of nitrogens with one attached hydrogen (secondary N) is 1. The minimum Gasteiger partial charge on any atom is -0.316 e. The Kier molecular flexibility index (Phi) is 2.03. The Morgan fingerprint density at radius 3 is 3.00 bits per heavy atom. The van der Waals surface area contributed by atoms with Crippen LogP contribution in [-0.4, -0.2) is 13.1 Å². The highest BCUT2D eigenvalue weighted by molar-refractivity contribution is 7.19. The molecule has 1 unspecified atom stereocenters. The highest BCUT2D eigenvalue weighted by atomic mass is 32.1. The molecule has 1 aromatic carbocycles. The highest BCUT2D eigenvalue weighted by Gasteiger charge is 2.18. The Balaban J connectivity index is 2.05. The fraction of sp³-hybridized carbons (Fsp3) is 0.333. The average Bonchev–Trinajstić information content (AvgIpc) is 2.86. The summed E-state index contributed by atoms with van der Waals surface area (Å²) in [5, 5.41) is 4.82. The van der Waals surface area contributed by atoms with Gasteiger partial charge in [0.15, 0.2) is 0 Å². The molecular formula is C12H13NS. The zero-order chi connectivity index (χ0) is 9.38. The summed E-state index contributed by atoms with van der Waals surface area (Å²) in [5.41, 5.74) is 0. The van der Waals surface area contributed by atoms with Crippen LogP contribution in [0.5, 0.6) is 0 Å². The Bertz CT molecular complexity index is 407. The van der Waals surface area contributed by atoms with Crippen molar-refractivity contribution in [2.75, 3.05) is 13.1 Å². The van der Waals surface area contributed by atoms with Crippen LogP contribution in [0.3, 0.4) is 0 Å². The first kappa shape index (κ1) is 8.45. The van der Waals surface area contributed by atoms with Crippen LogP contribution < -0.4 is 5.32 Å². The normalized spacial score (nSPS) is 21.9. The lowest BCUT2D eigenvalue weighted by molar-refractivity contribution is 0.779. The third kappa shape index (κ3) is 1.35. The Morgan fingerprint density at radius 2 is 2.21 bits per heavy atom. The lowest BCUT2D eigenvalue weighted by Gasteiger charge is -2.02. The topological polar surface area (TPSA) is 12.0 Å². The standard InChI is InChI=1S/C12H13NS/c1-2-4-11-9(3-1)7-12(14-11)10-5-6-13-8-10/h1-4,7,10,13H,5-6,8H2. The summed E-state index contributed by atoms with van der Waals surface area (Å²) in [5.74, 6) is 0.757. The predicted octanol–water partition coefficient (Wildman–Crippen LogP) is 2.98. The number of benzene rings is 1. The van der Waals surface area contributed by atoms with E-state index in [1.807, 2.05) is 11.3 Å². The van der Waals surface area contributed by atoms with Gasteiger partial charge in [-0.2, -0.15) is 0 Å². The molecule has 0 saturated carbocycles. The lowest BCUT2D eigenvalue weighted by atomic mass is 10.1. The monoisotopic (exact) mass is 203 g/mol. The fourth-order valence-corrected chi connectivity index (χ4v) is 3.30. The maximum Gasteiger partial charge on any atom is 0.0345 e. The van der Waals surface area contributed by atoms with Crippen molar-refractivity contribution in [3.05, 3.63) is 35.2 Å². The van der Waals surface area contributed by atoms with Crippen LogP contribution >= 0.6 is 11.3 Å². The molecule has 0 aliphatic carbocycles. The first-order valence-corrected chi connectivity index (χ1v) is 5.94. The van der Waals surface area contributed by atoms with Crippen molar-refractivity contribution in [2.45, 2.75) is 12.3 Å². The SMILES string of the molecule is c1ccc2sc(C3CCNC3)cc2c1. The van der Waals surface area contributed by atoms with Crippen LogP contribution in [0.1, 0.15) is 17.2 Å². The average molecular weight is 203 g/mol. The summed E-state index contributed by atoms with van der Waals surface area (Å²) in [7, 11) is 0. The van der Waals surface area contributed by atoms with E-state index in [1.165, 1.54) is 23.1 Å². The number of hydrogen-bond acceptors (Lipinski definition) is 2. The first-order valence-electron chi connectivity index (χ1n) is 5.13. The van der Waals surface area contributed by atoms with Gasteiger partial charge in [0.05, 0.1) is 0 Å². The molecule has 2 heterocycles. The molecule has 0 spiro atoms. The fourth-order valence-electron chi connectivity index (χ4n) is 2.10. The van der Waals surface area contributed by atoms with E-state index >= 15 is 0 Å². The van der Waals surface area contributed by atoms with E-state index in [2.05, 4.69) is 35.6 Å². The Labute approximate surface area is 87.8 Å². The van der Waals surface area contributed by atoms with Crippen LogP contribution in [0.2, 0.25) is 0 Å². The van der Waals surface area contributed by atoms with Crippen LogP contribution in [0, 0.1) is 0 Å². The van der Waals surface area contributed by atoms with E-state index in [4.69, 9.17) is 0 Å². The van der Waals surface area contributed by atoms with Crippen LogP contribution in [0.25, 0.3) is 10.1 Å². The smallest absolute Gasteiger partial charge is 0.0345 e. The summed E-state index contributed by atoms with van der Waals surface area (Å²) < 4.78 is 1.43. The zero-order valence-corrected chi connectivity index (χ0v) is 8.81. The number of fused-ring (bicyclic) bond motifs is 1.